The molecular weight excluding hydrogens is 310 g/mol. The first kappa shape index (κ1) is 13.9. The average molecular weight is 327 g/mol. The number of nitriles is 1. The van der Waals surface area contributed by atoms with E-state index >= 15 is 0 Å². The molecule has 0 amide bonds. The van der Waals surface area contributed by atoms with Gasteiger partial charge in [0.15, 0.2) is 0 Å². The predicted octanol–water partition coefficient (Wildman–Crippen LogP) is 5.51. The normalized spacial score (nSPS) is 18.9. The van der Waals surface area contributed by atoms with Gasteiger partial charge >= 0.3 is 0 Å². The zero-order valence-electron chi connectivity index (χ0n) is 10.4. The second kappa shape index (κ2) is 6.08. The molecule has 0 N–H and O–H groups in total. The molecule has 0 saturated heterocycles. The molecule has 96 valence electrons. The first-order valence-corrected chi connectivity index (χ1v) is 7.67. The van der Waals surface area contributed by atoms with Crippen LogP contribution >= 0.6 is 27.5 Å². The third-order valence-electron chi connectivity index (χ3n) is 3.84. The Kier molecular flexibility index (Phi) is 4.70. The number of benzene rings is 1. The minimum atomic E-state index is -0.200. The minimum Gasteiger partial charge on any atom is -0.198 e. The van der Waals surface area contributed by atoms with Crippen LogP contribution in [0.3, 0.4) is 0 Å². The number of nitrogens with zero attached hydrogens (tertiary/aromatic N) is 1. The first-order valence-electron chi connectivity index (χ1n) is 6.50. The largest absolute Gasteiger partial charge is 0.198 e. The molecule has 0 unspecified atom stereocenters. The van der Waals surface area contributed by atoms with Crippen LogP contribution in [0.15, 0.2) is 22.7 Å². The lowest BCUT2D eigenvalue weighted by atomic mass is 9.77. The fraction of sp³-hybridized carbons (Fsp3) is 0.533. The number of rotatable bonds is 2. The molecule has 1 saturated carbocycles. The van der Waals surface area contributed by atoms with Crippen molar-refractivity contribution in [1.82, 2.24) is 0 Å². The van der Waals surface area contributed by atoms with E-state index in [1.54, 1.807) is 0 Å². The highest BCUT2D eigenvalue weighted by Gasteiger charge is 2.31. The molecule has 0 radical (unpaired) electrons. The molecule has 1 aliphatic rings. The Labute approximate surface area is 122 Å². The van der Waals surface area contributed by atoms with Crippen LogP contribution < -0.4 is 0 Å². The molecule has 1 aromatic rings. The summed E-state index contributed by atoms with van der Waals surface area (Å²) in [6.07, 6.45) is 7.67. The molecule has 0 heterocycles. The van der Waals surface area contributed by atoms with Gasteiger partial charge in [-0.1, -0.05) is 59.3 Å². The summed E-state index contributed by atoms with van der Waals surface area (Å²) in [5.74, 6) is 0. The van der Waals surface area contributed by atoms with Crippen molar-refractivity contribution < 1.29 is 0 Å². The monoisotopic (exact) mass is 325 g/mol. The van der Waals surface area contributed by atoms with E-state index in [4.69, 9.17) is 11.6 Å². The van der Waals surface area contributed by atoms with Gasteiger partial charge in [0.1, 0.15) is 0 Å². The summed E-state index contributed by atoms with van der Waals surface area (Å²) in [5.41, 5.74) is 0.900. The lowest BCUT2D eigenvalue weighted by Gasteiger charge is -2.25. The van der Waals surface area contributed by atoms with Gasteiger partial charge in [0, 0.05) is 9.50 Å². The lowest BCUT2D eigenvalue weighted by Crippen LogP contribution is -2.21. The summed E-state index contributed by atoms with van der Waals surface area (Å²) < 4.78 is 0.989. The Morgan fingerprint density at radius 2 is 1.89 bits per heavy atom. The number of halogens is 2. The molecule has 1 aromatic carbocycles. The van der Waals surface area contributed by atoms with Crippen LogP contribution in [-0.4, -0.2) is 0 Å². The molecule has 0 atom stereocenters. The van der Waals surface area contributed by atoms with Crippen molar-refractivity contribution in [2.45, 2.75) is 44.9 Å². The van der Waals surface area contributed by atoms with Gasteiger partial charge in [0.25, 0.3) is 0 Å². The lowest BCUT2D eigenvalue weighted by molar-refractivity contribution is 0.339. The zero-order chi connectivity index (χ0) is 13.0. The molecule has 0 aromatic heterocycles. The summed E-state index contributed by atoms with van der Waals surface area (Å²) in [6.45, 7) is 0. The van der Waals surface area contributed by atoms with Gasteiger partial charge in [0.2, 0.25) is 0 Å². The molecule has 1 nitrogen and oxygen atoms in total. The van der Waals surface area contributed by atoms with Crippen LogP contribution in [0.1, 0.15) is 44.1 Å². The van der Waals surface area contributed by atoms with Crippen LogP contribution in [0.2, 0.25) is 5.02 Å². The fourth-order valence-electron chi connectivity index (χ4n) is 2.76. The van der Waals surface area contributed by atoms with Gasteiger partial charge in [-0.15, -0.1) is 0 Å². The maximum Gasteiger partial charge on any atom is 0.0693 e. The van der Waals surface area contributed by atoms with Gasteiger partial charge in [-0.2, -0.15) is 5.26 Å². The van der Waals surface area contributed by atoms with Crippen molar-refractivity contribution >= 4 is 27.5 Å². The third-order valence-corrected chi connectivity index (χ3v) is 4.69. The molecule has 0 spiro atoms. The van der Waals surface area contributed by atoms with Crippen molar-refractivity contribution in [3.63, 3.8) is 0 Å². The second-order valence-corrected chi connectivity index (χ2v) is 6.54. The third kappa shape index (κ3) is 3.28. The van der Waals surface area contributed by atoms with E-state index in [2.05, 4.69) is 22.0 Å². The molecule has 1 aliphatic carbocycles. The Bertz CT molecular complexity index is 456. The van der Waals surface area contributed by atoms with Crippen molar-refractivity contribution in [2.24, 2.45) is 5.41 Å². The first-order chi connectivity index (χ1) is 8.65. The van der Waals surface area contributed by atoms with Crippen LogP contribution in [-0.2, 0) is 6.42 Å². The van der Waals surface area contributed by atoms with Crippen molar-refractivity contribution in [3.05, 3.63) is 33.3 Å². The predicted molar refractivity (Wildman–Crippen MR) is 78.6 cm³/mol. The number of hydrogen-bond donors (Lipinski definition) is 0. The van der Waals surface area contributed by atoms with Gasteiger partial charge < -0.3 is 0 Å². The zero-order valence-corrected chi connectivity index (χ0v) is 12.7. The van der Waals surface area contributed by atoms with Crippen LogP contribution in [0.5, 0.6) is 0 Å². The topological polar surface area (TPSA) is 23.8 Å². The molecule has 0 bridgehead atoms. The van der Waals surface area contributed by atoms with E-state index in [0.29, 0.717) is 0 Å². The Hall–Kier alpha value is -0.520. The summed E-state index contributed by atoms with van der Waals surface area (Å²) in [7, 11) is 0. The quantitative estimate of drug-likeness (QED) is 0.657. The fourth-order valence-corrected chi connectivity index (χ4v) is 3.50. The smallest absolute Gasteiger partial charge is 0.0693 e. The van der Waals surface area contributed by atoms with Gasteiger partial charge in [0.05, 0.1) is 11.5 Å². The molecule has 18 heavy (non-hydrogen) atoms. The van der Waals surface area contributed by atoms with E-state index in [1.165, 1.54) is 25.7 Å². The second-order valence-electron chi connectivity index (χ2n) is 5.22. The molecule has 1 fully saturated rings. The maximum atomic E-state index is 9.57. The highest BCUT2D eigenvalue weighted by molar-refractivity contribution is 9.10. The van der Waals surface area contributed by atoms with Gasteiger partial charge in [-0.3, -0.25) is 0 Å². The summed E-state index contributed by atoms with van der Waals surface area (Å²) in [4.78, 5) is 0. The molecule has 0 aliphatic heterocycles. The maximum absolute atomic E-state index is 9.57. The SMILES string of the molecule is N#CC1(Cc2ccc(Br)cc2Cl)CCCCCC1. The van der Waals surface area contributed by atoms with Crippen molar-refractivity contribution in [1.29, 1.82) is 5.26 Å². The van der Waals surface area contributed by atoms with E-state index < -0.39 is 0 Å². The Balaban J connectivity index is 2.21. The Morgan fingerprint density at radius 1 is 1.22 bits per heavy atom. The van der Waals surface area contributed by atoms with E-state index in [1.807, 2.05) is 18.2 Å². The standard InChI is InChI=1S/C15H17BrClN/c16-13-6-5-12(14(17)9-13)10-15(11-18)7-3-1-2-4-8-15/h5-6,9H,1-4,7-8,10H2. The Morgan fingerprint density at radius 3 is 2.44 bits per heavy atom. The van der Waals surface area contributed by atoms with E-state index in [-0.39, 0.29) is 5.41 Å². The average Bonchev–Trinajstić information content (AvgIpc) is 2.59. The highest BCUT2D eigenvalue weighted by Crippen LogP contribution is 2.39. The number of hydrogen-bond acceptors (Lipinski definition) is 1. The van der Waals surface area contributed by atoms with E-state index in [0.717, 1.165) is 34.3 Å². The van der Waals surface area contributed by atoms with Crippen LogP contribution in [0.4, 0.5) is 0 Å². The van der Waals surface area contributed by atoms with Gasteiger partial charge in [-0.25, -0.2) is 0 Å². The van der Waals surface area contributed by atoms with Crippen LogP contribution in [0.25, 0.3) is 0 Å². The minimum absolute atomic E-state index is 0.200. The molecule has 2 rings (SSSR count). The summed E-state index contributed by atoms with van der Waals surface area (Å²) >= 11 is 9.68. The van der Waals surface area contributed by atoms with E-state index in [9.17, 15) is 5.26 Å². The van der Waals surface area contributed by atoms with Gasteiger partial charge in [-0.05, 0) is 37.0 Å². The highest BCUT2D eigenvalue weighted by atomic mass is 79.9. The van der Waals surface area contributed by atoms with Crippen LogP contribution in [0, 0.1) is 16.7 Å². The molecule has 3 heteroatoms. The summed E-state index contributed by atoms with van der Waals surface area (Å²) in [5, 5.41) is 10.3. The van der Waals surface area contributed by atoms with Crippen molar-refractivity contribution in [2.75, 3.05) is 0 Å². The van der Waals surface area contributed by atoms with Crippen molar-refractivity contribution in [3.8, 4) is 6.07 Å². The molecular formula is C15H17BrClN. The summed E-state index contributed by atoms with van der Waals surface area (Å²) in [6, 6.07) is 8.53.